The van der Waals surface area contributed by atoms with Crippen LogP contribution in [0.2, 0.25) is 0 Å². The summed E-state index contributed by atoms with van der Waals surface area (Å²) in [5, 5.41) is 0. The van der Waals surface area contributed by atoms with Crippen molar-refractivity contribution >= 4 is 0 Å². The van der Waals surface area contributed by atoms with Crippen molar-refractivity contribution in [2.45, 2.75) is 39.5 Å². The Labute approximate surface area is 88.7 Å². The van der Waals surface area contributed by atoms with E-state index >= 15 is 0 Å². The molecule has 0 saturated carbocycles. The van der Waals surface area contributed by atoms with Gasteiger partial charge in [0, 0.05) is 19.5 Å². The zero-order valence-electron chi connectivity index (χ0n) is 7.20. The molecule has 0 spiro atoms. The van der Waals surface area contributed by atoms with Crippen LogP contribution in [0.5, 0.6) is 0 Å². The first-order valence-electron chi connectivity index (χ1n) is 3.64. The number of halogens is 1. The molecule has 0 aliphatic carbocycles. The van der Waals surface area contributed by atoms with Crippen molar-refractivity contribution in [2.24, 2.45) is 5.92 Å². The molecule has 1 atom stereocenters. The van der Waals surface area contributed by atoms with Gasteiger partial charge in [0.1, 0.15) is 0 Å². The van der Waals surface area contributed by atoms with Gasteiger partial charge in [-0.25, -0.2) is 0 Å². The quantitative estimate of drug-likeness (QED) is 0.625. The van der Waals surface area contributed by atoms with Gasteiger partial charge in [-0.05, 0) is 5.92 Å². The van der Waals surface area contributed by atoms with E-state index in [1.165, 1.54) is 25.7 Å². The average molecular weight is 259 g/mol. The molecule has 0 saturated heterocycles. The number of unbranched alkanes of at least 4 members (excludes halogenated alkanes) is 1. The van der Waals surface area contributed by atoms with E-state index in [2.05, 4.69) is 20.8 Å². The van der Waals surface area contributed by atoms with Crippen LogP contribution >= 0.6 is 0 Å². The summed E-state index contributed by atoms with van der Waals surface area (Å²) in [5.74, 6) is 0.704. The third-order valence-corrected chi connectivity index (χ3v) is 1.54. The van der Waals surface area contributed by atoms with Gasteiger partial charge < -0.3 is 17.0 Å². The maximum Gasteiger partial charge on any atom is 0 e. The van der Waals surface area contributed by atoms with Crippen LogP contribution in [-0.4, -0.2) is 0 Å². The van der Waals surface area contributed by atoms with Crippen LogP contribution in [0.4, 0.5) is 0 Å². The third-order valence-electron chi connectivity index (χ3n) is 1.54. The summed E-state index contributed by atoms with van der Waals surface area (Å²) in [6.45, 7) is 8.42. The van der Waals surface area contributed by atoms with E-state index < -0.39 is 0 Å². The van der Waals surface area contributed by atoms with E-state index in [1.54, 1.807) is 0 Å². The summed E-state index contributed by atoms with van der Waals surface area (Å²) in [6, 6.07) is 0. The van der Waals surface area contributed by atoms with Crippen LogP contribution in [0, 0.1) is 12.8 Å². The molecule has 0 aromatic heterocycles. The first kappa shape index (κ1) is 17.3. The second-order valence-corrected chi connectivity index (χ2v) is 2.42. The van der Waals surface area contributed by atoms with Crippen molar-refractivity contribution in [2.75, 3.05) is 0 Å². The fraction of sp³-hybridized carbons (Fsp3) is 0.875. The predicted molar refractivity (Wildman–Crippen MR) is 38.7 cm³/mol. The minimum Gasteiger partial charge on any atom is -1.00 e. The second kappa shape index (κ2) is 12.8. The normalized spacial score (nSPS) is 11.1. The molecule has 1 radical (unpaired) electrons. The zero-order valence-corrected chi connectivity index (χ0v) is 11.8. The Hall–Kier alpha value is 1.10. The van der Waals surface area contributed by atoms with E-state index in [0.29, 0.717) is 5.92 Å². The Morgan fingerprint density at radius 3 is 2.10 bits per heavy atom. The molecule has 0 heterocycles. The molecule has 0 aromatic carbocycles. The zero-order chi connectivity index (χ0) is 6.41. The molecule has 0 rings (SSSR count). The minimum atomic E-state index is 0. The fourth-order valence-electron chi connectivity index (χ4n) is 0.697. The second-order valence-electron chi connectivity index (χ2n) is 2.42. The first-order valence-corrected chi connectivity index (χ1v) is 3.64. The van der Waals surface area contributed by atoms with E-state index in [4.69, 9.17) is 0 Å². The molecule has 0 amide bonds. The molecular formula is C8H17BrZn-. The summed E-state index contributed by atoms with van der Waals surface area (Å²) < 4.78 is 0. The van der Waals surface area contributed by atoms with Gasteiger partial charge in [0.2, 0.25) is 0 Å². The number of rotatable bonds is 4. The van der Waals surface area contributed by atoms with Gasteiger partial charge in [-0.2, -0.15) is 0 Å². The van der Waals surface area contributed by atoms with Crippen LogP contribution in [0.25, 0.3) is 0 Å². The summed E-state index contributed by atoms with van der Waals surface area (Å²) in [5.41, 5.74) is 0. The van der Waals surface area contributed by atoms with Crippen molar-refractivity contribution < 1.29 is 36.5 Å². The molecule has 0 N–H and O–H groups in total. The minimum absolute atomic E-state index is 0. The van der Waals surface area contributed by atoms with Gasteiger partial charge >= 0.3 is 0 Å². The van der Waals surface area contributed by atoms with Gasteiger partial charge in [0.05, 0.1) is 0 Å². The molecule has 0 bridgehead atoms. The van der Waals surface area contributed by atoms with Crippen LogP contribution in [0.3, 0.4) is 0 Å². The van der Waals surface area contributed by atoms with E-state index in [9.17, 15) is 0 Å². The summed E-state index contributed by atoms with van der Waals surface area (Å²) in [7, 11) is 0. The number of hydrogen-bond donors (Lipinski definition) is 0. The molecule has 0 fully saturated rings. The molecule has 0 aromatic rings. The predicted octanol–water partition coefficient (Wildman–Crippen LogP) is 0.0384. The molecule has 2 heteroatoms. The monoisotopic (exact) mass is 256 g/mol. The summed E-state index contributed by atoms with van der Waals surface area (Å²) >= 11 is 0. The molecule has 0 aliphatic rings. The Kier molecular flexibility index (Phi) is 22.0. The van der Waals surface area contributed by atoms with Crippen molar-refractivity contribution in [1.29, 1.82) is 0 Å². The molecular weight excluding hydrogens is 241 g/mol. The molecule has 0 aliphatic heterocycles. The molecule has 59 valence electrons. The van der Waals surface area contributed by atoms with Crippen LogP contribution in [0.15, 0.2) is 0 Å². The number of hydrogen-bond acceptors (Lipinski definition) is 0. The Bertz CT molecular complexity index is 48.5. The van der Waals surface area contributed by atoms with Gasteiger partial charge in [0.25, 0.3) is 0 Å². The van der Waals surface area contributed by atoms with Crippen molar-refractivity contribution in [3.05, 3.63) is 6.92 Å². The van der Waals surface area contributed by atoms with Crippen LogP contribution in [-0.2, 0) is 19.5 Å². The van der Waals surface area contributed by atoms with Crippen LogP contribution in [0.1, 0.15) is 39.5 Å². The first-order chi connectivity index (χ1) is 3.81. The van der Waals surface area contributed by atoms with Gasteiger partial charge in [-0.1, -0.05) is 46.5 Å². The van der Waals surface area contributed by atoms with Crippen molar-refractivity contribution in [3.8, 4) is 0 Å². The molecule has 10 heavy (non-hydrogen) atoms. The maximum atomic E-state index is 3.99. The Morgan fingerprint density at radius 1 is 1.30 bits per heavy atom. The third kappa shape index (κ3) is 11.8. The smallest absolute Gasteiger partial charge is 0 e. The average Bonchev–Trinajstić information content (AvgIpc) is 1.83. The Balaban J connectivity index is -0.000000245. The Morgan fingerprint density at radius 2 is 1.80 bits per heavy atom. The van der Waals surface area contributed by atoms with Crippen LogP contribution < -0.4 is 17.0 Å². The van der Waals surface area contributed by atoms with Crippen molar-refractivity contribution in [3.63, 3.8) is 0 Å². The van der Waals surface area contributed by atoms with E-state index in [0.717, 1.165) is 0 Å². The SMILES string of the molecule is [Br-].[CH2]C(CC)CCCC.[Zn]. The summed E-state index contributed by atoms with van der Waals surface area (Å²) in [6.07, 6.45) is 5.21. The van der Waals surface area contributed by atoms with Gasteiger partial charge in [-0.3, -0.25) is 0 Å². The molecule has 1 unspecified atom stereocenters. The van der Waals surface area contributed by atoms with Gasteiger partial charge in [0.15, 0.2) is 0 Å². The van der Waals surface area contributed by atoms with E-state index in [1.807, 2.05) is 0 Å². The topological polar surface area (TPSA) is 0 Å². The standard InChI is InChI=1S/C8H17.BrH.Zn/c1-4-6-7-8(3)5-2;;/h8H,3-7H2,1-2H3;1H;/p-1. The van der Waals surface area contributed by atoms with Crippen molar-refractivity contribution in [1.82, 2.24) is 0 Å². The van der Waals surface area contributed by atoms with E-state index in [-0.39, 0.29) is 36.5 Å². The fourth-order valence-corrected chi connectivity index (χ4v) is 0.697. The summed E-state index contributed by atoms with van der Waals surface area (Å²) in [4.78, 5) is 0. The molecule has 0 nitrogen and oxygen atoms in total. The van der Waals surface area contributed by atoms with Gasteiger partial charge in [-0.15, -0.1) is 0 Å². The largest absolute Gasteiger partial charge is 1.00 e. The maximum absolute atomic E-state index is 3.99.